The Morgan fingerprint density at radius 2 is 2.20 bits per heavy atom. The van der Waals surface area contributed by atoms with Gasteiger partial charge in [0.1, 0.15) is 0 Å². The molecule has 0 atom stereocenters. The van der Waals surface area contributed by atoms with Gasteiger partial charge in [0.2, 0.25) is 0 Å². The molecular formula is C9H19N. The van der Waals surface area contributed by atoms with Crippen LogP contribution in [0.25, 0.3) is 0 Å². The molecule has 1 N–H and O–H groups in total. The van der Waals surface area contributed by atoms with Gasteiger partial charge in [-0.3, -0.25) is 0 Å². The molecular weight excluding hydrogens is 122 g/mol. The molecule has 0 saturated carbocycles. The van der Waals surface area contributed by atoms with Crippen LogP contribution in [-0.4, -0.2) is 13.6 Å². The van der Waals surface area contributed by atoms with E-state index < -0.39 is 0 Å². The van der Waals surface area contributed by atoms with Gasteiger partial charge >= 0.3 is 0 Å². The van der Waals surface area contributed by atoms with Crippen molar-refractivity contribution in [3.8, 4) is 0 Å². The molecule has 1 heteroatoms. The fraction of sp³-hybridized carbons (Fsp3) is 0.778. The Balaban J connectivity index is 3.16. The van der Waals surface area contributed by atoms with Crippen LogP contribution in [0.5, 0.6) is 0 Å². The molecule has 0 aliphatic rings. The van der Waals surface area contributed by atoms with Gasteiger partial charge in [0.25, 0.3) is 0 Å². The highest BCUT2D eigenvalue weighted by atomic mass is 14.8. The molecule has 0 rings (SSSR count). The summed E-state index contributed by atoms with van der Waals surface area (Å²) in [7, 11) is 2.00. The molecule has 0 amide bonds. The standard InChI is InChI=1S/C9H19N/c1-4-9(2)7-5-6-8-10-3/h7,10H,4-6,8H2,1-3H3/b9-7+. The summed E-state index contributed by atoms with van der Waals surface area (Å²) in [6, 6.07) is 0. The third-order valence-corrected chi connectivity index (χ3v) is 1.68. The molecule has 0 heterocycles. The van der Waals surface area contributed by atoms with Gasteiger partial charge < -0.3 is 5.32 Å². The average Bonchev–Trinajstić information content (AvgIpc) is 1.98. The fourth-order valence-corrected chi connectivity index (χ4v) is 0.772. The van der Waals surface area contributed by atoms with E-state index in [1.807, 2.05) is 7.05 Å². The molecule has 0 saturated heterocycles. The molecule has 0 bridgehead atoms. The number of nitrogens with one attached hydrogen (secondary N) is 1. The quantitative estimate of drug-likeness (QED) is 0.458. The van der Waals surface area contributed by atoms with E-state index in [-0.39, 0.29) is 0 Å². The van der Waals surface area contributed by atoms with Gasteiger partial charge in [-0.15, -0.1) is 0 Å². The molecule has 0 aromatic carbocycles. The minimum atomic E-state index is 1.13. The number of rotatable bonds is 5. The molecule has 10 heavy (non-hydrogen) atoms. The van der Waals surface area contributed by atoms with E-state index in [1.54, 1.807) is 0 Å². The topological polar surface area (TPSA) is 12.0 Å². The predicted octanol–water partition coefficient (Wildman–Crippen LogP) is 2.34. The Hall–Kier alpha value is -0.300. The van der Waals surface area contributed by atoms with E-state index in [9.17, 15) is 0 Å². The first-order valence-electron chi connectivity index (χ1n) is 4.11. The normalized spacial score (nSPS) is 12.1. The van der Waals surface area contributed by atoms with Crippen LogP contribution < -0.4 is 5.32 Å². The molecule has 0 fully saturated rings. The van der Waals surface area contributed by atoms with Gasteiger partial charge in [-0.1, -0.05) is 18.6 Å². The average molecular weight is 141 g/mol. The van der Waals surface area contributed by atoms with Crippen molar-refractivity contribution >= 4 is 0 Å². The third-order valence-electron chi connectivity index (χ3n) is 1.68. The van der Waals surface area contributed by atoms with Crippen LogP contribution in [0.2, 0.25) is 0 Å². The van der Waals surface area contributed by atoms with Gasteiger partial charge in [-0.2, -0.15) is 0 Å². The zero-order chi connectivity index (χ0) is 7.82. The van der Waals surface area contributed by atoms with Crippen LogP contribution in [0.4, 0.5) is 0 Å². The van der Waals surface area contributed by atoms with Crippen molar-refractivity contribution in [2.24, 2.45) is 0 Å². The van der Waals surface area contributed by atoms with Crippen molar-refractivity contribution in [1.29, 1.82) is 0 Å². The van der Waals surface area contributed by atoms with Gasteiger partial charge in [0, 0.05) is 0 Å². The second kappa shape index (κ2) is 6.81. The van der Waals surface area contributed by atoms with Gasteiger partial charge in [-0.25, -0.2) is 0 Å². The van der Waals surface area contributed by atoms with Crippen LogP contribution in [0.1, 0.15) is 33.1 Å². The highest BCUT2D eigenvalue weighted by Crippen LogP contribution is 2.00. The first-order chi connectivity index (χ1) is 4.81. The minimum absolute atomic E-state index is 1.13. The Morgan fingerprint density at radius 1 is 1.50 bits per heavy atom. The number of unbranched alkanes of at least 4 members (excludes halogenated alkanes) is 1. The zero-order valence-corrected chi connectivity index (χ0v) is 7.41. The van der Waals surface area contributed by atoms with E-state index >= 15 is 0 Å². The Morgan fingerprint density at radius 3 is 2.70 bits per heavy atom. The molecule has 0 aromatic rings. The van der Waals surface area contributed by atoms with E-state index in [4.69, 9.17) is 0 Å². The van der Waals surface area contributed by atoms with E-state index in [1.165, 1.54) is 24.8 Å². The lowest BCUT2D eigenvalue weighted by molar-refractivity contribution is 0.732. The molecule has 0 aliphatic carbocycles. The predicted molar refractivity (Wildman–Crippen MR) is 47.2 cm³/mol. The van der Waals surface area contributed by atoms with Gasteiger partial charge in [0.15, 0.2) is 0 Å². The largest absolute Gasteiger partial charge is 0.320 e. The van der Waals surface area contributed by atoms with Crippen LogP contribution in [0.3, 0.4) is 0 Å². The Bertz CT molecular complexity index is 94.9. The molecule has 0 aromatic heterocycles. The molecule has 60 valence electrons. The smallest absolute Gasteiger partial charge is 0.00490 e. The first kappa shape index (κ1) is 9.70. The number of hydrogen-bond acceptors (Lipinski definition) is 1. The lowest BCUT2D eigenvalue weighted by Gasteiger charge is -1.96. The summed E-state index contributed by atoms with van der Waals surface area (Å²) in [5.41, 5.74) is 1.51. The van der Waals surface area contributed by atoms with Gasteiger partial charge in [-0.05, 0) is 39.8 Å². The summed E-state index contributed by atoms with van der Waals surface area (Å²) in [6.45, 7) is 5.52. The van der Waals surface area contributed by atoms with Crippen LogP contribution in [0, 0.1) is 0 Å². The number of allylic oxidation sites excluding steroid dienone is 2. The third kappa shape index (κ3) is 5.83. The minimum Gasteiger partial charge on any atom is -0.320 e. The summed E-state index contributed by atoms with van der Waals surface area (Å²) in [5, 5.41) is 3.13. The highest BCUT2D eigenvalue weighted by molar-refractivity contribution is 4.96. The lowest BCUT2D eigenvalue weighted by atomic mass is 10.2. The summed E-state index contributed by atoms with van der Waals surface area (Å²) in [6.07, 6.45) is 6.01. The molecule has 0 aliphatic heterocycles. The summed E-state index contributed by atoms with van der Waals surface area (Å²) < 4.78 is 0. The zero-order valence-electron chi connectivity index (χ0n) is 7.41. The van der Waals surface area contributed by atoms with E-state index in [0.29, 0.717) is 0 Å². The monoisotopic (exact) mass is 141 g/mol. The lowest BCUT2D eigenvalue weighted by Crippen LogP contribution is -2.06. The second-order valence-electron chi connectivity index (χ2n) is 2.65. The van der Waals surface area contributed by atoms with Crippen molar-refractivity contribution < 1.29 is 0 Å². The maximum absolute atomic E-state index is 3.13. The van der Waals surface area contributed by atoms with Crippen LogP contribution in [-0.2, 0) is 0 Å². The maximum atomic E-state index is 3.13. The highest BCUT2D eigenvalue weighted by Gasteiger charge is 1.83. The van der Waals surface area contributed by atoms with Crippen molar-refractivity contribution in [2.75, 3.05) is 13.6 Å². The van der Waals surface area contributed by atoms with Crippen molar-refractivity contribution in [1.82, 2.24) is 5.32 Å². The SMILES string of the molecule is CC/C(C)=C/CCCNC. The molecule has 0 unspecified atom stereocenters. The number of hydrogen-bond donors (Lipinski definition) is 1. The summed E-state index contributed by atoms with van der Waals surface area (Å²) in [5.74, 6) is 0. The fourth-order valence-electron chi connectivity index (χ4n) is 0.772. The summed E-state index contributed by atoms with van der Waals surface area (Å²) >= 11 is 0. The molecule has 0 radical (unpaired) electrons. The first-order valence-corrected chi connectivity index (χ1v) is 4.11. The summed E-state index contributed by atoms with van der Waals surface area (Å²) in [4.78, 5) is 0. The maximum Gasteiger partial charge on any atom is -0.00490 e. The molecule has 0 spiro atoms. The van der Waals surface area contributed by atoms with Crippen LogP contribution >= 0.6 is 0 Å². The van der Waals surface area contributed by atoms with Gasteiger partial charge in [0.05, 0.1) is 0 Å². The van der Waals surface area contributed by atoms with E-state index in [2.05, 4.69) is 25.2 Å². The Kier molecular flexibility index (Phi) is 6.61. The Labute approximate surface area is 64.5 Å². The molecule has 1 nitrogen and oxygen atoms in total. The van der Waals surface area contributed by atoms with Crippen molar-refractivity contribution in [3.05, 3.63) is 11.6 Å². The van der Waals surface area contributed by atoms with E-state index in [0.717, 1.165) is 6.54 Å². The van der Waals surface area contributed by atoms with Crippen LogP contribution in [0.15, 0.2) is 11.6 Å². The second-order valence-corrected chi connectivity index (χ2v) is 2.65. The van der Waals surface area contributed by atoms with Crippen molar-refractivity contribution in [2.45, 2.75) is 33.1 Å². The van der Waals surface area contributed by atoms with Crippen molar-refractivity contribution in [3.63, 3.8) is 0 Å².